The van der Waals surface area contributed by atoms with Crippen molar-refractivity contribution < 1.29 is 14.5 Å². The zero-order valence-corrected chi connectivity index (χ0v) is 17.6. The molecule has 0 spiro atoms. The molecule has 0 heterocycles. The lowest BCUT2D eigenvalue weighted by atomic mass is 9.72. The Bertz CT molecular complexity index is 559. The van der Waals surface area contributed by atoms with E-state index in [1.165, 1.54) is 12.8 Å². The maximum Gasteiger partial charge on any atom is 0.330 e. The van der Waals surface area contributed by atoms with Gasteiger partial charge in [-0.3, -0.25) is 0 Å². The Morgan fingerprint density at radius 1 is 0.885 bits per heavy atom. The van der Waals surface area contributed by atoms with Crippen LogP contribution in [0.1, 0.15) is 74.1 Å². The molecule has 1 fully saturated rings. The predicted molar refractivity (Wildman–Crippen MR) is 109 cm³/mol. The molecule has 1 aliphatic rings. The lowest BCUT2D eigenvalue weighted by Crippen LogP contribution is -2.49. The van der Waals surface area contributed by atoms with Crippen molar-refractivity contribution in [1.29, 1.82) is 0 Å². The smallest absolute Gasteiger partial charge is 0.330 e. The Hall–Kier alpha value is -0.995. The maximum atomic E-state index is 10.2. The van der Waals surface area contributed by atoms with Crippen LogP contribution in [0.4, 0.5) is 0 Å². The first-order chi connectivity index (χ1) is 11.9. The SMILES string of the molecule is CC(C)(C)C1CCC(Oc2ccc([B]OC(C)(C)C(C)(C)O)cc2)CC1. The third-order valence-electron chi connectivity index (χ3n) is 6.04. The minimum Gasteiger partial charge on any atom is -0.490 e. The first kappa shape index (κ1) is 21.3. The van der Waals surface area contributed by atoms with Crippen molar-refractivity contribution in [2.45, 2.75) is 91.5 Å². The Balaban J connectivity index is 1.83. The number of ether oxygens (including phenoxy) is 1. The van der Waals surface area contributed by atoms with Crippen molar-refractivity contribution >= 4 is 12.9 Å². The minimum absolute atomic E-state index is 0.328. The quantitative estimate of drug-likeness (QED) is 0.761. The van der Waals surface area contributed by atoms with Crippen LogP contribution in [0.15, 0.2) is 24.3 Å². The van der Waals surface area contributed by atoms with E-state index < -0.39 is 11.2 Å². The fraction of sp³-hybridized carbons (Fsp3) is 0.727. The van der Waals surface area contributed by atoms with Gasteiger partial charge < -0.3 is 14.5 Å². The minimum atomic E-state index is -0.918. The lowest BCUT2D eigenvalue weighted by Gasteiger charge is -2.37. The van der Waals surface area contributed by atoms with Gasteiger partial charge in [-0.2, -0.15) is 0 Å². The summed E-state index contributed by atoms with van der Waals surface area (Å²) in [5.74, 6) is 1.72. The highest BCUT2D eigenvalue weighted by molar-refractivity contribution is 6.47. The molecule has 1 aromatic rings. The van der Waals surface area contributed by atoms with E-state index in [9.17, 15) is 5.11 Å². The van der Waals surface area contributed by atoms with E-state index in [4.69, 9.17) is 9.39 Å². The van der Waals surface area contributed by atoms with Gasteiger partial charge in [-0.1, -0.05) is 38.4 Å². The molecule has 1 N–H and O–H groups in total. The molecule has 0 aliphatic heterocycles. The molecule has 0 saturated heterocycles. The molecule has 0 unspecified atom stereocenters. The second-order valence-electron chi connectivity index (χ2n) is 9.83. The predicted octanol–water partition coefficient (Wildman–Crippen LogP) is 4.48. The summed E-state index contributed by atoms with van der Waals surface area (Å²) >= 11 is 0. The summed E-state index contributed by atoms with van der Waals surface area (Å²) in [5, 5.41) is 10.2. The molecule has 0 atom stereocenters. The molecule has 26 heavy (non-hydrogen) atoms. The van der Waals surface area contributed by atoms with Gasteiger partial charge in [-0.25, -0.2) is 0 Å². The van der Waals surface area contributed by atoms with Crippen LogP contribution >= 0.6 is 0 Å². The van der Waals surface area contributed by atoms with Crippen LogP contribution in [0, 0.1) is 11.3 Å². The average Bonchev–Trinajstić information content (AvgIpc) is 2.53. The third-order valence-corrected chi connectivity index (χ3v) is 6.04. The molecular formula is C22H36BO3. The monoisotopic (exact) mass is 359 g/mol. The molecule has 3 nitrogen and oxygen atoms in total. The topological polar surface area (TPSA) is 38.7 Å². The molecule has 1 aliphatic carbocycles. The van der Waals surface area contributed by atoms with Crippen molar-refractivity contribution in [1.82, 2.24) is 0 Å². The van der Waals surface area contributed by atoms with E-state index in [1.54, 1.807) is 21.3 Å². The van der Waals surface area contributed by atoms with E-state index in [-0.39, 0.29) is 0 Å². The summed E-state index contributed by atoms with van der Waals surface area (Å²) in [7, 11) is 1.70. The number of rotatable bonds is 6. The largest absolute Gasteiger partial charge is 0.490 e. The fourth-order valence-corrected chi connectivity index (χ4v) is 3.22. The zero-order valence-electron chi connectivity index (χ0n) is 17.6. The molecule has 0 aromatic heterocycles. The van der Waals surface area contributed by atoms with E-state index in [0.717, 1.165) is 30.0 Å². The van der Waals surface area contributed by atoms with Gasteiger partial charge in [0.15, 0.2) is 0 Å². The number of hydrogen-bond acceptors (Lipinski definition) is 3. The van der Waals surface area contributed by atoms with Crippen LogP contribution in [-0.4, -0.2) is 29.9 Å². The highest BCUT2D eigenvalue weighted by Gasteiger charge is 2.35. The maximum absolute atomic E-state index is 10.2. The highest BCUT2D eigenvalue weighted by Crippen LogP contribution is 2.38. The second kappa shape index (κ2) is 7.94. The first-order valence-corrected chi connectivity index (χ1v) is 9.88. The molecule has 1 radical (unpaired) electrons. The Morgan fingerprint density at radius 3 is 1.88 bits per heavy atom. The van der Waals surface area contributed by atoms with Gasteiger partial charge in [0.2, 0.25) is 0 Å². The summed E-state index contributed by atoms with van der Waals surface area (Å²) in [6.45, 7) is 14.3. The lowest BCUT2D eigenvalue weighted by molar-refractivity contribution is -0.0893. The van der Waals surface area contributed by atoms with Crippen molar-refractivity contribution in [3.05, 3.63) is 24.3 Å². The van der Waals surface area contributed by atoms with Crippen LogP contribution in [0.2, 0.25) is 0 Å². The van der Waals surface area contributed by atoms with Gasteiger partial charge in [0.1, 0.15) is 5.75 Å². The highest BCUT2D eigenvalue weighted by atomic mass is 16.5. The first-order valence-electron chi connectivity index (χ1n) is 9.88. The molecule has 4 heteroatoms. The number of hydrogen-bond donors (Lipinski definition) is 1. The van der Waals surface area contributed by atoms with Crippen LogP contribution in [0.5, 0.6) is 5.75 Å². The fourth-order valence-electron chi connectivity index (χ4n) is 3.22. The van der Waals surface area contributed by atoms with Crippen molar-refractivity contribution in [3.8, 4) is 5.75 Å². The van der Waals surface area contributed by atoms with Crippen LogP contribution < -0.4 is 10.2 Å². The summed E-state index contributed by atoms with van der Waals surface area (Å²) in [4.78, 5) is 0. The molecular weight excluding hydrogens is 323 g/mol. The van der Waals surface area contributed by atoms with Crippen LogP contribution in [0.3, 0.4) is 0 Å². The third kappa shape index (κ3) is 5.75. The van der Waals surface area contributed by atoms with Crippen molar-refractivity contribution in [3.63, 3.8) is 0 Å². The van der Waals surface area contributed by atoms with Crippen LogP contribution in [0.25, 0.3) is 0 Å². The van der Waals surface area contributed by atoms with Crippen molar-refractivity contribution in [2.24, 2.45) is 11.3 Å². The molecule has 145 valence electrons. The van der Waals surface area contributed by atoms with E-state index in [2.05, 4.69) is 20.8 Å². The average molecular weight is 359 g/mol. The normalized spacial score (nSPS) is 22.2. The van der Waals surface area contributed by atoms with Gasteiger partial charge in [0.25, 0.3) is 0 Å². The van der Waals surface area contributed by atoms with E-state index in [0.29, 0.717) is 11.5 Å². The summed E-state index contributed by atoms with van der Waals surface area (Å²) in [5.41, 5.74) is -0.211. The van der Waals surface area contributed by atoms with E-state index in [1.807, 2.05) is 38.1 Å². The number of aliphatic hydroxyl groups is 1. The summed E-state index contributed by atoms with van der Waals surface area (Å²) < 4.78 is 12.0. The Kier molecular flexibility index (Phi) is 6.51. The van der Waals surface area contributed by atoms with Crippen molar-refractivity contribution in [2.75, 3.05) is 0 Å². The van der Waals surface area contributed by atoms with Gasteiger partial charge in [-0.05, 0) is 76.8 Å². The molecule has 1 aromatic carbocycles. The Labute approximate surface area is 160 Å². The summed E-state index contributed by atoms with van der Waals surface area (Å²) in [6, 6.07) is 8.00. The Morgan fingerprint density at radius 2 is 1.42 bits per heavy atom. The number of benzene rings is 1. The summed E-state index contributed by atoms with van der Waals surface area (Å²) in [6.07, 6.45) is 5.10. The van der Waals surface area contributed by atoms with Gasteiger partial charge in [0.05, 0.1) is 17.3 Å². The van der Waals surface area contributed by atoms with Gasteiger partial charge >= 0.3 is 7.48 Å². The van der Waals surface area contributed by atoms with Gasteiger partial charge in [0, 0.05) is 0 Å². The van der Waals surface area contributed by atoms with E-state index >= 15 is 0 Å². The standard InChI is InChI=1S/C22H36BO3/c1-20(2,3)16-8-12-18(13-9-16)25-19-14-10-17(11-15-19)23-26-22(6,7)21(4,5)24/h10-11,14-16,18,24H,8-9,12-13H2,1-7H3. The zero-order chi connectivity index (χ0) is 19.6. The molecule has 0 bridgehead atoms. The second-order valence-corrected chi connectivity index (χ2v) is 9.83. The molecule has 1 saturated carbocycles. The molecule has 0 amide bonds. The van der Waals surface area contributed by atoms with Gasteiger partial charge in [-0.15, -0.1) is 0 Å². The molecule has 2 rings (SSSR count). The van der Waals surface area contributed by atoms with Crippen LogP contribution in [-0.2, 0) is 4.65 Å².